The topological polar surface area (TPSA) is 52.7 Å². The van der Waals surface area contributed by atoms with E-state index in [1.54, 1.807) is 0 Å². The average Bonchev–Trinajstić information content (AvgIpc) is 3.42. The van der Waals surface area contributed by atoms with Crippen LogP contribution in [0.3, 0.4) is 0 Å². The lowest BCUT2D eigenvalue weighted by molar-refractivity contribution is 0.0793. The molecule has 1 aromatic carbocycles. The molecule has 6 heteroatoms. The van der Waals surface area contributed by atoms with E-state index in [1.165, 1.54) is 11.3 Å². The van der Waals surface area contributed by atoms with E-state index in [-0.39, 0.29) is 17.9 Å². The number of likely N-dealkylation sites (tertiary alicyclic amines) is 1. The molecule has 2 amide bonds. The normalized spacial score (nSPS) is 17.9. The molecular formula is C21H25N3O2S. The van der Waals surface area contributed by atoms with E-state index in [0.717, 1.165) is 68.0 Å². The fourth-order valence-electron chi connectivity index (χ4n) is 3.95. The van der Waals surface area contributed by atoms with Gasteiger partial charge in [0.2, 0.25) is 0 Å². The largest absolute Gasteiger partial charge is 0.371 e. The summed E-state index contributed by atoms with van der Waals surface area (Å²) in [6.07, 6.45) is 3.99. The quantitative estimate of drug-likeness (QED) is 0.881. The molecule has 0 saturated carbocycles. The van der Waals surface area contributed by atoms with Crippen molar-refractivity contribution in [3.05, 3.63) is 52.2 Å². The Morgan fingerprint density at radius 1 is 0.963 bits per heavy atom. The number of amides is 2. The Balaban J connectivity index is 1.39. The van der Waals surface area contributed by atoms with Crippen LogP contribution >= 0.6 is 11.3 Å². The van der Waals surface area contributed by atoms with Gasteiger partial charge >= 0.3 is 0 Å². The summed E-state index contributed by atoms with van der Waals surface area (Å²) in [6.45, 7) is 3.42. The van der Waals surface area contributed by atoms with Gasteiger partial charge in [-0.05, 0) is 49.3 Å². The maximum Gasteiger partial charge on any atom is 0.261 e. The van der Waals surface area contributed by atoms with Crippen LogP contribution in [-0.4, -0.2) is 48.9 Å². The van der Waals surface area contributed by atoms with Gasteiger partial charge in [0, 0.05) is 37.9 Å². The lowest BCUT2D eigenvalue weighted by Gasteiger charge is -2.35. The molecule has 0 unspecified atom stereocenters. The highest BCUT2D eigenvalue weighted by Gasteiger charge is 2.26. The van der Waals surface area contributed by atoms with Crippen molar-refractivity contribution in [2.45, 2.75) is 31.7 Å². The second-order valence-electron chi connectivity index (χ2n) is 7.23. The molecule has 0 spiro atoms. The van der Waals surface area contributed by atoms with E-state index < -0.39 is 0 Å². The number of nitrogens with one attached hydrogen (secondary N) is 1. The zero-order chi connectivity index (χ0) is 18.6. The highest BCUT2D eigenvalue weighted by atomic mass is 32.1. The summed E-state index contributed by atoms with van der Waals surface area (Å²) < 4.78 is 0. The van der Waals surface area contributed by atoms with E-state index in [2.05, 4.69) is 10.2 Å². The highest BCUT2D eigenvalue weighted by molar-refractivity contribution is 7.12. The first-order chi connectivity index (χ1) is 13.2. The minimum Gasteiger partial charge on any atom is -0.371 e. The van der Waals surface area contributed by atoms with Gasteiger partial charge in [-0.15, -0.1) is 11.3 Å². The number of nitrogens with zero attached hydrogens (tertiary/aromatic N) is 2. The van der Waals surface area contributed by atoms with Crippen LogP contribution in [0.15, 0.2) is 41.8 Å². The Bertz CT molecular complexity index is 792. The van der Waals surface area contributed by atoms with Crippen LogP contribution in [0, 0.1) is 0 Å². The molecule has 2 aromatic rings. The molecular weight excluding hydrogens is 358 g/mol. The molecule has 0 radical (unpaired) electrons. The van der Waals surface area contributed by atoms with E-state index in [4.69, 9.17) is 0 Å². The molecule has 3 heterocycles. The third-order valence-corrected chi connectivity index (χ3v) is 6.31. The lowest BCUT2D eigenvalue weighted by atomic mass is 10.0. The smallest absolute Gasteiger partial charge is 0.261 e. The molecule has 2 saturated heterocycles. The number of thiophene rings is 1. The van der Waals surface area contributed by atoms with Crippen LogP contribution < -0.4 is 10.2 Å². The summed E-state index contributed by atoms with van der Waals surface area (Å²) in [5.41, 5.74) is 1.83. The zero-order valence-electron chi connectivity index (χ0n) is 15.4. The summed E-state index contributed by atoms with van der Waals surface area (Å²) in [5, 5.41) is 5.07. The molecule has 5 nitrogen and oxygen atoms in total. The molecule has 1 aromatic heterocycles. The van der Waals surface area contributed by atoms with Crippen LogP contribution in [0.2, 0.25) is 0 Å². The minimum absolute atomic E-state index is 0.0214. The molecule has 2 fully saturated rings. The first kappa shape index (κ1) is 18.0. The first-order valence-corrected chi connectivity index (χ1v) is 10.6. The van der Waals surface area contributed by atoms with Crippen LogP contribution in [-0.2, 0) is 0 Å². The van der Waals surface area contributed by atoms with Gasteiger partial charge in [-0.25, -0.2) is 0 Å². The molecule has 4 rings (SSSR count). The summed E-state index contributed by atoms with van der Waals surface area (Å²) in [4.78, 5) is 30.2. The summed E-state index contributed by atoms with van der Waals surface area (Å²) >= 11 is 1.47. The number of anilines is 1. The van der Waals surface area contributed by atoms with Gasteiger partial charge in [0.05, 0.1) is 10.4 Å². The van der Waals surface area contributed by atoms with Crippen LogP contribution in [0.5, 0.6) is 0 Å². The van der Waals surface area contributed by atoms with Gasteiger partial charge in [0.25, 0.3) is 11.8 Å². The Labute approximate surface area is 164 Å². The summed E-state index contributed by atoms with van der Waals surface area (Å²) in [6, 6.07) is 11.9. The second-order valence-corrected chi connectivity index (χ2v) is 8.18. The summed E-state index contributed by atoms with van der Waals surface area (Å²) in [7, 11) is 0. The summed E-state index contributed by atoms with van der Waals surface area (Å²) in [5.74, 6) is 0.171. The Morgan fingerprint density at radius 2 is 1.70 bits per heavy atom. The van der Waals surface area contributed by atoms with E-state index in [1.807, 2.05) is 46.7 Å². The van der Waals surface area contributed by atoms with Crippen LogP contribution in [0.25, 0.3) is 0 Å². The molecule has 0 bridgehead atoms. The van der Waals surface area contributed by atoms with Crippen molar-refractivity contribution in [1.29, 1.82) is 0 Å². The van der Waals surface area contributed by atoms with Crippen molar-refractivity contribution in [3.8, 4) is 0 Å². The number of hydrogen-bond acceptors (Lipinski definition) is 4. The van der Waals surface area contributed by atoms with E-state index in [9.17, 15) is 9.59 Å². The third kappa shape index (κ3) is 4.00. The zero-order valence-corrected chi connectivity index (χ0v) is 16.2. The maximum atomic E-state index is 12.9. The standard InChI is InChI=1S/C21H25N3O2S/c25-20(19-8-5-15-27-19)22-16-9-13-23(14-10-16)18-7-2-1-6-17(18)21(26)24-11-3-4-12-24/h1-2,5-8,15-16H,3-4,9-14H2,(H,22,25). The number of hydrogen-bond donors (Lipinski definition) is 1. The number of piperidine rings is 1. The average molecular weight is 384 g/mol. The first-order valence-electron chi connectivity index (χ1n) is 9.70. The molecule has 1 N–H and O–H groups in total. The van der Waals surface area contributed by atoms with Gasteiger partial charge in [-0.1, -0.05) is 18.2 Å². The van der Waals surface area contributed by atoms with Gasteiger partial charge in [0.1, 0.15) is 0 Å². The maximum absolute atomic E-state index is 12.9. The Kier molecular flexibility index (Phi) is 5.43. The number of carbonyl (C=O) groups excluding carboxylic acids is 2. The fourth-order valence-corrected chi connectivity index (χ4v) is 4.58. The van der Waals surface area contributed by atoms with Crippen LogP contribution in [0.4, 0.5) is 5.69 Å². The number of carbonyl (C=O) groups is 2. The van der Waals surface area contributed by atoms with E-state index >= 15 is 0 Å². The molecule has 142 valence electrons. The minimum atomic E-state index is 0.0214. The molecule has 0 atom stereocenters. The lowest BCUT2D eigenvalue weighted by Crippen LogP contribution is -2.45. The third-order valence-electron chi connectivity index (χ3n) is 5.44. The molecule has 0 aliphatic carbocycles. The van der Waals surface area contributed by atoms with Crippen molar-refractivity contribution in [2.75, 3.05) is 31.1 Å². The number of benzene rings is 1. The SMILES string of the molecule is O=C(NC1CCN(c2ccccc2C(=O)N2CCCC2)CC1)c1cccs1. The second kappa shape index (κ2) is 8.13. The predicted octanol–water partition coefficient (Wildman–Crippen LogP) is 3.38. The van der Waals surface area contributed by atoms with E-state index in [0.29, 0.717) is 0 Å². The number of para-hydroxylation sites is 1. The molecule has 2 aliphatic rings. The highest BCUT2D eigenvalue weighted by Crippen LogP contribution is 2.26. The van der Waals surface area contributed by atoms with Crippen molar-refractivity contribution >= 4 is 28.8 Å². The Morgan fingerprint density at radius 3 is 2.41 bits per heavy atom. The van der Waals surface area contributed by atoms with Gasteiger partial charge in [-0.2, -0.15) is 0 Å². The van der Waals surface area contributed by atoms with Crippen molar-refractivity contribution in [1.82, 2.24) is 10.2 Å². The van der Waals surface area contributed by atoms with Gasteiger partial charge in [-0.3, -0.25) is 9.59 Å². The monoisotopic (exact) mass is 383 g/mol. The number of rotatable bonds is 4. The van der Waals surface area contributed by atoms with Crippen LogP contribution in [0.1, 0.15) is 45.7 Å². The van der Waals surface area contributed by atoms with Crippen molar-refractivity contribution < 1.29 is 9.59 Å². The van der Waals surface area contributed by atoms with Gasteiger partial charge < -0.3 is 15.1 Å². The molecule has 2 aliphatic heterocycles. The van der Waals surface area contributed by atoms with Gasteiger partial charge in [0.15, 0.2) is 0 Å². The fraction of sp³-hybridized carbons (Fsp3) is 0.429. The van der Waals surface area contributed by atoms with Crippen molar-refractivity contribution in [3.63, 3.8) is 0 Å². The molecule has 27 heavy (non-hydrogen) atoms. The Hall–Kier alpha value is -2.34. The predicted molar refractivity (Wildman–Crippen MR) is 109 cm³/mol. The van der Waals surface area contributed by atoms with Crippen molar-refractivity contribution in [2.24, 2.45) is 0 Å².